The van der Waals surface area contributed by atoms with E-state index >= 15 is 0 Å². The molecule has 4 nitrogen and oxygen atoms in total. The molecule has 1 amide bonds. The molecular formula is C18H27ClN2O2. The molecule has 0 aromatic heterocycles. The SMILES string of the molecule is Cl.O=C(CC1COCCN1)N(Cc1ccccc1)CC1CCC1. The van der Waals surface area contributed by atoms with Gasteiger partial charge in [0.2, 0.25) is 5.91 Å². The molecule has 0 bridgehead atoms. The lowest BCUT2D eigenvalue weighted by molar-refractivity contribution is -0.134. The zero-order valence-corrected chi connectivity index (χ0v) is 14.4. The van der Waals surface area contributed by atoms with Crippen molar-refractivity contribution in [2.75, 3.05) is 26.3 Å². The molecule has 1 unspecified atom stereocenters. The summed E-state index contributed by atoms with van der Waals surface area (Å²) < 4.78 is 5.46. The van der Waals surface area contributed by atoms with Gasteiger partial charge >= 0.3 is 0 Å². The van der Waals surface area contributed by atoms with Crippen LogP contribution in [0.25, 0.3) is 0 Å². The standard InChI is InChI=1S/C18H26N2O2.ClH/c21-18(11-17-14-22-10-9-19-17)20(13-16-7-4-8-16)12-15-5-2-1-3-6-15;/h1-3,5-6,16-17,19H,4,7-14H2;1H. The molecule has 2 fully saturated rings. The predicted octanol–water partition coefficient (Wildman–Crippen LogP) is 2.62. The highest BCUT2D eigenvalue weighted by Crippen LogP contribution is 2.28. The summed E-state index contributed by atoms with van der Waals surface area (Å²) in [7, 11) is 0. The summed E-state index contributed by atoms with van der Waals surface area (Å²) in [6, 6.07) is 10.5. The third-order valence-corrected chi connectivity index (χ3v) is 4.69. The monoisotopic (exact) mass is 338 g/mol. The first-order valence-corrected chi connectivity index (χ1v) is 8.44. The fourth-order valence-corrected chi connectivity index (χ4v) is 3.14. The fraction of sp³-hybridized carbons (Fsp3) is 0.611. The Balaban J connectivity index is 0.00000192. The minimum atomic E-state index is 0. The van der Waals surface area contributed by atoms with E-state index < -0.39 is 0 Å². The summed E-state index contributed by atoms with van der Waals surface area (Å²) in [5.74, 6) is 0.946. The Bertz CT molecular complexity index is 473. The number of amides is 1. The molecular weight excluding hydrogens is 312 g/mol. The number of halogens is 1. The minimum absolute atomic E-state index is 0. The van der Waals surface area contributed by atoms with Gasteiger partial charge in [-0.25, -0.2) is 0 Å². The first-order valence-electron chi connectivity index (χ1n) is 8.44. The number of carbonyl (C=O) groups excluding carboxylic acids is 1. The van der Waals surface area contributed by atoms with E-state index in [9.17, 15) is 4.79 Å². The van der Waals surface area contributed by atoms with Gasteiger partial charge in [0, 0.05) is 32.1 Å². The Morgan fingerprint density at radius 3 is 2.65 bits per heavy atom. The molecule has 1 N–H and O–H groups in total. The number of nitrogens with one attached hydrogen (secondary N) is 1. The minimum Gasteiger partial charge on any atom is -0.378 e. The maximum atomic E-state index is 12.7. The van der Waals surface area contributed by atoms with Crippen LogP contribution in [0.2, 0.25) is 0 Å². The first-order chi connectivity index (χ1) is 10.8. The van der Waals surface area contributed by atoms with Gasteiger partial charge in [-0.15, -0.1) is 12.4 Å². The van der Waals surface area contributed by atoms with Crippen LogP contribution in [0.3, 0.4) is 0 Å². The lowest BCUT2D eigenvalue weighted by Gasteiger charge is -2.34. The van der Waals surface area contributed by atoms with Crippen LogP contribution in [-0.2, 0) is 16.1 Å². The van der Waals surface area contributed by atoms with E-state index in [4.69, 9.17) is 4.74 Å². The number of ether oxygens (including phenoxy) is 1. The number of hydrogen-bond acceptors (Lipinski definition) is 3. The second kappa shape index (κ2) is 9.26. The van der Waals surface area contributed by atoms with Crippen LogP contribution >= 0.6 is 12.4 Å². The number of morpholine rings is 1. The molecule has 1 aliphatic heterocycles. The number of benzene rings is 1. The highest BCUT2D eigenvalue weighted by molar-refractivity contribution is 5.85. The van der Waals surface area contributed by atoms with Gasteiger partial charge in [0.1, 0.15) is 0 Å². The van der Waals surface area contributed by atoms with Crippen molar-refractivity contribution in [1.29, 1.82) is 0 Å². The third-order valence-electron chi connectivity index (χ3n) is 4.69. The molecule has 5 heteroatoms. The lowest BCUT2D eigenvalue weighted by Crippen LogP contribution is -2.46. The molecule has 1 aromatic rings. The van der Waals surface area contributed by atoms with Gasteiger partial charge in [-0.05, 0) is 24.3 Å². The molecule has 0 spiro atoms. The van der Waals surface area contributed by atoms with E-state index in [1.807, 2.05) is 18.2 Å². The van der Waals surface area contributed by atoms with Crippen LogP contribution in [-0.4, -0.2) is 43.2 Å². The van der Waals surface area contributed by atoms with Crippen molar-refractivity contribution in [3.8, 4) is 0 Å². The fourth-order valence-electron chi connectivity index (χ4n) is 3.14. The number of hydrogen-bond donors (Lipinski definition) is 1. The van der Waals surface area contributed by atoms with Crippen LogP contribution in [0, 0.1) is 5.92 Å². The van der Waals surface area contributed by atoms with Crippen LogP contribution in [0.5, 0.6) is 0 Å². The second-order valence-electron chi connectivity index (χ2n) is 6.49. The highest BCUT2D eigenvalue weighted by atomic mass is 35.5. The summed E-state index contributed by atoms with van der Waals surface area (Å²) >= 11 is 0. The van der Waals surface area contributed by atoms with Gasteiger partial charge in [0.15, 0.2) is 0 Å². The average molecular weight is 339 g/mol. The molecule has 1 saturated carbocycles. The first kappa shape index (κ1) is 18.2. The Morgan fingerprint density at radius 1 is 1.26 bits per heavy atom. The maximum Gasteiger partial charge on any atom is 0.224 e. The van der Waals surface area contributed by atoms with Crippen LogP contribution < -0.4 is 5.32 Å². The summed E-state index contributed by atoms with van der Waals surface area (Å²) in [6.45, 7) is 3.87. The molecule has 1 saturated heterocycles. The Morgan fingerprint density at radius 2 is 2.04 bits per heavy atom. The smallest absolute Gasteiger partial charge is 0.224 e. The van der Waals surface area contributed by atoms with Crippen molar-refractivity contribution in [3.05, 3.63) is 35.9 Å². The number of nitrogens with zero attached hydrogens (tertiary/aromatic N) is 1. The normalized spacial score (nSPS) is 21.1. The van der Waals surface area contributed by atoms with Gasteiger partial charge in [0.05, 0.1) is 13.2 Å². The highest BCUT2D eigenvalue weighted by Gasteiger charge is 2.26. The summed E-state index contributed by atoms with van der Waals surface area (Å²) in [6.07, 6.45) is 4.39. The second-order valence-corrected chi connectivity index (χ2v) is 6.49. The number of rotatable bonds is 6. The van der Waals surface area contributed by atoms with Crippen LogP contribution in [0.1, 0.15) is 31.2 Å². The largest absolute Gasteiger partial charge is 0.378 e. The van der Waals surface area contributed by atoms with Crippen LogP contribution in [0.15, 0.2) is 30.3 Å². The molecule has 1 aromatic carbocycles. The molecule has 0 radical (unpaired) electrons. The lowest BCUT2D eigenvalue weighted by atomic mass is 9.85. The van der Waals surface area contributed by atoms with Crippen molar-refractivity contribution < 1.29 is 9.53 Å². The van der Waals surface area contributed by atoms with Gasteiger partial charge in [0.25, 0.3) is 0 Å². The van der Waals surface area contributed by atoms with E-state index in [2.05, 4.69) is 22.3 Å². The van der Waals surface area contributed by atoms with E-state index in [1.165, 1.54) is 24.8 Å². The van der Waals surface area contributed by atoms with E-state index in [0.29, 0.717) is 18.9 Å². The van der Waals surface area contributed by atoms with Crippen molar-refractivity contribution >= 4 is 18.3 Å². The molecule has 23 heavy (non-hydrogen) atoms. The predicted molar refractivity (Wildman–Crippen MR) is 93.7 cm³/mol. The van der Waals surface area contributed by atoms with Gasteiger partial charge < -0.3 is 15.0 Å². The Kier molecular flexibility index (Phi) is 7.34. The molecule has 2 aliphatic rings. The van der Waals surface area contributed by atoms with E-state index in [1.54, 1.807) is 0 Å². The summed E-state index contributed by atoms with van der Waals surface area (Å²) in [5, 5.41) is 3.38. The zero-order valence-electron chi connectivity index (χ0n) is 13.6. The van der Waals surface area contributed by atoms with Crippen molar-refractivity contribution in [1.82, 2.24) is 10.2 Å². The third kappa shape index (κ3) is 5.48. The molecule has 3 rings (SSSR count). The topological polar surface area (TPSA) is 41.6 Å². The van der Waals surface area contributed by atoms with Gasteiger partial charge in [-0.2, -0.15) is 0 Å². The average Bonchev–Trinajstić information content (AvgIpc) is 2.51. The quantitative estimate of drug-likeness (QED) is 0.867. The summed E-state index contributed by atoms with van der Waals surface area (Å²) in [5.41, 5.74) is 1.21. The van der Waals surface area contributed by atoms with E-state index in [0.717, 1.165) is 26.2 Å². The zero-order chi connectivity index (χ0) is 15.2. The van der Waals surface area contributed by atoms with Gasteiger partial charge in [-0.3, -0.25) is 4.79 Å². The number of carbonyl (C=O) groups is 1. The van der Waals surface area contributed by atoms with Crippen molar-refractivity contribution in [2.24, 2.45) is 5.92 Å². The molecule has 1 heterocycles. The van der Waals surface area contributed by atoms with Crippen LogP contribution in [0.4, 0.5) is 0 Å². The Labute approximate surface area is 145 Å². The maximum absolute atomic E-state index is 12.7. The van der Waals surface area contributed by atoms with E-state index in [-0.39, 0.29) is 24.4 Å². The van der Waals surface area contributed by atoms with Gasteiger partial charge in [-0.1, -0.05) is 36.8 Å². The van der Waals surface area contributed by atoms with Crippen molar-refractivity contribution in [3.63, 3.8) is 0 Å². The molecule has 128 valence electrons. The Hall–Kier alpha value is -1.10. The van der Waals surface area contributed by atoms with Crippen molar-refractivity contribution in [2.45, 2.75) is 38.3 Å². The summed E-state index contributed by atoms with van der Waals surface area (Å²) in [4.78, 5) is 14.8. The molecule has 1 atom stereocenters. The molecule has 1 aliphatic carbocycles.